The van der Waals surface area contributed by atoms with Gasteiger partial charge in [0.15, 0.2) is 0 Å². The lowest BCUT2D eigenvalue weighted by atomic mass is 10.0. The second-order valence-corrected chi connectivity index (χ2v) is 15.3. The van der Waals surface area contributed by atoms with E-state index in [0.717, 1.165) is 25.9 Å². The van der Waals surface area contributed by atoms with Crippen molar-refractivity contribution in [3.05, 3.63) is 120 Å². The van der Waals surface area contributed by atoms with E-state index in [-0.39, 0.29) is 23.8 Å². The Morgan fingerprint density at radius 2 is 1.48 bits per heavy atom. The maximum Gasteiger partial charge on any atom is 0.264 e. The summed E-state index contributed by atoms with van der Waals surface area (Å²) in [5.41, 5.74) is 2.49. The van der Waals surface area contributed by atoms with Crippen molar-refractivity contribution in [1.29, 1.82) is 0 Å². The molecule has 0 heterocycles. The van der Waals surface area contributed by atoms with Crippen molar-refractivity contribution in [2.45, 2.75) is 69.0 Å². The van der Waals surface area contributed by atoms with Crippen LogP contribution in [-0.2, 0) is 32.6 Å². The van der Waals surface area contributed by atoms with Crippen LogP contribution in [-0.4, -0.2) is 56.1 Å². The Bertz CT molecular complexity index is 1750. The van der Waals surface area contributed by atoms with Crippen LogP contribution in [0.25, 0.3) is 0 Å². The first kappa shape index (κ1) is 36.6. The quantitative estimate of drug-likeness (QED) is 0.146. The van der Waals surface area contributed by atoms with E-state index < -0.39 is 34.1 Å². The molecule has 48 heavy (non-hydrogen) atoms. The van der Waals surface area contributed by atoms with E-state index in [1.165, 1.54) is 16.7 Å². The number of hydrogen-bond donors (Lipinski definition) is 1. The number of sulfonamides is 1. The molecule has 8 nitrogen and oxygen atoms in total. The second-order valence-electron chi connectivity index (χ2n) is 12.6. The number of thioether (sulfide) groups is 1. The molecule has 4 rings (SSSR count). The fourth-order valence-corrected chi connectivity index (χ4v) is 7.00. The molecule has 254 valence electrons. The topological polar surface area (TPSA) is 96.0 Å². The van der Waals surface area contributed by atoms with Crippen LogP contribution in [0.1, 0.15) is 44.4 Å². The van der Waals surface area contributed by atoms with Gasteiger partial charge in [0, 0.05) is 23.4 Å². The molecular weight excluding hydrogens is 643 g/mol. The highest BCUT2D eigenvalue weighted by molar-refractivity contribution is 7.98. The van der Waals surface area contributed by atoms with E-state index in [1.54, 1.807) is 48.5 Å². The predicted molar refractivity (Wildman–Crippen MR) is 194 cm³/mol. The first-order valence-electron chi connectivity index (χ1n) is 15.9. The minimum atomic E-state index is -4.21. The molecule has 0 unspecified atom stereocenters. The molecule has 4 aromatic carbocycles. The highest BCUT2D eigenvalue weighted by Gasteiger charge is 2.35. The van der Waals surface area contributed by atoms with Crippen molar-refractivity contribution in [1.82, 2.24) is 10.2 Å². The number of anilines is 1. The molecule has 0 saturated heterocycles. The molecule has 0 aromatic heterocycles. The number of rotatable bonds is 14. The molecule has 0 aliphatic rings. The number of carbonyl (C=O) groups excluding carboxylic acids is 2. The van der Waals surface area contributed by atoms with Gasteiger partial charge < -0.3 is 15.0 Å². The number of amides is 2. The van der Waals surface area contributed by atoms with E-state index in [2.05, 4.69) is 5.32 Å². The first-order valence-corrected chi connectivity index (χ1v) is 18.6. The minimum Gasteiger partial charge on any atom is -0.494 e. The van der Waals surface area contributed by atoms with Crippen molar-refractivity contribution < 1.29 is 22.7 Å². The second kappa shape index (κ2) is 16.2. The van der Waals surface area contributed by atoms with E-state index in [4.69, 9.17) is 4.74 Å². The lowest BCUT2D eigenvalue weighted by Gasteiger charge is -2.35. The Hall–Kier alpha value is -4.28. The van der Waals surface area contributed by atoms with Crippen LogP contribution in [0.4, 0.5) is 5.69 Å². The zero-order valence-corrected chi connectivity index (χ0v) is 30.1. The summed E-state index contributed by atoms with van der Waals surface area (Å²) < 4.78 is 35.3. The summed E-state index contributed by atoms with van der Waals surface area (Å²) >= 11 is 1.50. The van der Waals surface area contributed by atoms with E-state index >= 15 is 0 Å². The van der Waals surface area contributed by atoms with Gasteiger partial charge in [0.1, 0.15) is 18.3 Å². The Labute approximate surface area is 289 Å². The lowest BCUT2D eigenvalue weighted by Crippen LogP contribution is -2.56. The Kier molecular flexibility index (Phi) is 12.3. The molecular formula is C38H45N3O5S2. The summed E-state index contributed by atoms with van der Waals surface area (Å²) in [6.07, 6.45) is 2.16. The molecule has 0 aliphatic carbocycles. The smallest absolute Gasteiger partial charge is 0.264 e. The van der Waals surface area contributed by atoms with Gasteiger partial charge in [-0.05, 0) is 101 Å². The van der Waals surface area contributed by atoms with Crippen molar-refractivity contribution in [3.63, 3.8) is 0 Å². The van der Waals surface area contributed by atoms with Crippen LogP contribution in [0.5, 0.6) is 5.75 Å². The van der Waals surface area contributed by atoms with Crippen molar-refractivity contribution in [2.24, 2.45) is 0 Å². The summed E-state index contributed by atoms with van der Waals surface area (Å²) in [5.74, 6) is -0.259. The third kappa shape index (κ3) is 9.87. The molecule has 4 aromatic rings. The van der Waals surface area contributed by atoms with E-state index in [0.29, 0.717) is 18.0 Å². The number of benzene rings is 4. The minimum absolute atomic E-state index is 0.0541. The normalized spacial score (nSPS) is 12.2. The summed E-state index contributed by atoms with van der Waals surface area (Å²) in [5, 5.41) is 3.06. The van der Waals surface area contributed by atoms with Crippen LogP contribution in [0.2, 0.25) is 0 Å². The number of ether oxygens (including phenoxy) is 1. The molecule has 0 spiro atoms. The van der Waals surface area contributed by atoms with E-state index in [9.17, 15) is 18.0 Å². The van der Waals surface area contributed by atoms with Crippen molar-refractivity contribution in [3.8, 4) is 5.75 Å². The van der Waals surface area contributed by atoms with Crippen LogP contribution in [0.3, 0.4) is 0 Å². The lowest BCUT2D eigenvalue weighted by molar-refractivity contribution is -0.140. The average Bonchev–Trinajstić information content (AvgIpc) is 3.06. The van der Waals surface area contributed by atoms with Gasteiger partial charge in [-0.2, -0.15) is 0 Å². The molecule has 10 heteroatoms. The van der Waals surface area contributed by atoms with Gasteiger partial charge in [0.05, 0.1) is 17.2 Å². The number of nitrogens with one attached hydrogen (secondary N) is 1. The van der Waals surface area contributed by atoms with Gasteiger partial charge in [-0.3, -0.25) is 13.9 Å². The third-order valence-electron chi connectivity index (χ3n) is 7.60. The summed E-state index contributed by atoms with van der Waals surface area (Å²) in [4.78, 5) is 31.2. The van der Waals surface area contributed by atoms with Gasteiger partial charge in [-0.25, -0.2) is 8.42 Å². The van der Waals surface area contributed by atoms with Gasteiger partial charge in [0.2, 0.25) is 11.8 Å². The molecule has 2 amide bonds. The highest BCUT2D eigenvalue weighted by atomic mass is 32.2. The van der Waals surface area contributed by atoms with Crippen molar-refractivity contribution in [2.75, 3.05) is 23.7 Å². The maximum atomic E-state index is 14.7. The molecule has 0 aliphatic heterocycles. The Morgan fingerprint density at radius 3 is 2.04 bits per heavy atom. The number of carbonyl (C=O) groups is 2. The van der Waals surface area contributed by atoms with Crippen LogP contribution in [0.15, 0.2) is 113 Å². The fourth-order valence-electron chi connectivity index (χ4n) is 5.18. The Balaban J connectivity index is 1.81. The number of nitrogens with zero attached hydrogens (tertiary/aromatic N) is 2. The van der Waals surface area contributed by atoms with Crippen molar-refractivity contribution >= 4 is 39.3 Å². The van der Waals surface area contributed by atoms with Gasteiger partial charge >= 0.3 is 0 Å². The van der Waals surface area contributed by atoms with Gasteiger partial charge in [-0.15, -0.1) is 11.8 Å². The molecule has 0 fully saturated rings. The highest BCUT2D eigenvalue weighted by Crippen LogP contribution is 2.28. The number of aryl methyl sites for hydroxylation is 1. The van der Waals surface area contributed by atoms with Gasteiger partial charge in [-0.1, -0.05) is 60.2 Å². The largest absolute Gasteiger partial charge is 0.494 e. The molecule has 0 bridgehead atoms. The Morgan fingerprint density at radius 1 is 0.854 bits per heavy atom. The first-order chi connectivity index (χ1) is 22.8. The molecule has 1 atom stereocenters. The molecule has 0 radical (unpaired) electrons. The SMILES string of the molecule is CCOc1ccc(N(CC(=O)N(Cc2ccc(C)cc2)[C@H](Cc2ccccc2)C(=O)NC(C)(C)C)S(=O)(=O)c2ccc(SC)cc2)cc1. The fraction of sp³-hybridized carbons (Fsp3) is 0.316. The standard InChI is InChI=1S/C38H45N3O5S2/c1-7-46-32-19-17-31(18-20-32)41(48(44,45)34-23-21-33(47-6)22-24-34)27-36(42)40(26-30-15-13-28(2)14-16-30)35(37(43)39-38(3,4)5)25-29-11-9-8-10-12-29/h8-24,35H,7,25-27H2,1-6H3,(H,39,43)/t35-/m1/s1. The zero-order valence-electron chi connectivity index (χ0n) is 28.5. The summed E-state index contributed by atoms with van der Waals surface area (Å²) in [6, 6.07) is 29.5. The van der Waals surface area contributed by atoms with Crippen LogP contribution >= 0.6 is 11.8 Å². The summed E-state index contributed by atoms with van der Waals surface area (Å²) in [6.45, 7) is 9.54. The average molecular weight is 688 g/mol. The number of hydrogen-bond acceptors (Lipinski definition) is 6. The summed E-state index contributed by atoms with van der Waals surface area (Å²) in [7, 11) is -4.21. The predicted octanol–water partition coefficient (Wildman–Crippen LogP) is 6.87. The van der Waals surface area contributed by atoms with Gasteiger partial charge in [0.25, 0.3) is 10.0 Å². The third-order valence-corrected chi connectivity index (χ3v) is 10.1. The van der Waals surface area contributed by atoms with E-state index in [1.807, 2.05) is 95.5 Å². The molecule has 1 N–H and O–H groups in total. The zero-order chi connectivity index (χ0) is 34.9. The van der Waals surface area contributed by atoms with Crippen LogP contribution < -0.4 is 14.4 Å². The maximum absolute atomic E-state index is 14.7. The van der Waals surface area contributed by atoms with Crippen LogP contribution in [0, 0.1) is 6.92 Å². The molecule has 0 saturated carbocycles. The monoisotopic (exact) mass is 687 g/mol.